The molecule has 0 heterocycles. The molecule has 0 aromatic heterocycles. The first-order chi connectivity index (χ1) is 34.6. The van der Waals surface area contributed by atoms with Crippen LogP contribution in [0.3, 0.4) is 0 Å². The molecule has 5 nitrogen and oxygen atoms in total. The summed E-state index contributed by atoms with van der Waals surface area (Å²) in [5, 5.41) is 0. The van der Waals surface area contributed by atoms with Gasteiger partial charge in [0.2, 0.25) is 0 Å². The summed E-state index contributed by atoms with van der Waals surface area (Å²) in [6, 6.07) is 0. The summed E-state index contributed by atoms with van der Waals surface area (Å²) >= 11 is 0. The molecule has 1 atom stereocenters. The van der Waals surface area contributed by atoms with Crippen molar-refractivity contribution in [2.75, 3.05) is 19.8 Å². The van der Waals surface area contributed by atoms with Crippen molar-refractivity contribution in [2.45, 2.75) is 271 Å². The molecule has 0 aliphatic heterocycles. The lowest BCUT2D eigenvalue weighted by molar-refractivity contribution is -0.163. The van der Waals surface area contributed by atoms with Gasteiger partial charge in [-0.15, -0.1) is 0 Å². The summed E-state index contributed by atoms with van der Waals surface area (Å²) in [7, 11) is 0. The molecule has 0 bridgehead atoms. The molecule has 0 aromatic carbocycles. The number of esters is 2. The van der Waals surface area contributed by atoms with Crippen LogP contribution in [0.1, 0.15) is 265 Å². The fourth-order valence-electron chi connectivity index (χ4n) is 8.00. The van der Waals surface area contributed by atoms with Crippen molar-refractivity contribution in [3.63, 3.8) is 0 Å². The first-order valence-electron chi connectivity index (χ1n) is 29.4. The van der Waals surface area contributed by atoms with E-state index < -0.39 is 6.10 Å². The first-order valence-corrected chi connectivity index (χ1v) is 29.4. The average molecular weight is 972 g/mol. The maximum atomic E-state index is 12.9. The highest BCUT2D eigenvalue weighted by molar-refractivity contribution is 5.70. The van der Waals surface area contributed by atoms with E-state index in [1.807, 2.05) is 0 Å². The zero-order chi connectivity index (χ0) is 50.6. The Morgan fingerprint density at radius 3 is 1.04 bits per heavy atom. The lowest BCUT2D eigenvalue weighted by atomic mass is 10.0. The van der Waals surface area contributed by atoms with E-state index in [2.05, 4.69) is 130 Å². The predicted octanol–water partition coefficient (Wildman–Crippen LogP) is 20.3. The van der Waals surface area contributed by atoms with Gasteiger partial charge in [0.1, 0.15) is 6.61 Å². The highest BCUT2D eigenvalue weighted by Crippen LogP contribution is 2.15. The summed E-state index contributed by atoms with van der Waals surface area (Å²) in [6.45, 7) is 7.56. The number of hydrogen-bond donors (Lipinski definition) is 0. The monoisotopic (exact) mass is 971 g/mol. The van der Waals surface area contributed by atoms with Gasteiger partial charge in [-0.3, -0.25) is 9.59 Å². The van der Waals surface area contributed by atoms with Crippen molar-refractivity contribution in [3.8, 4) is 0 Å². The van der Waals surface area contributed by atoms with Crippen LogP contribution in [0.5, 0.6) is 0 Å². The number of ether oxygens (including phenoxy) is 3. The highest BCUT2D eigenvalue weighted by Gasteiger charge is 2.17. The molecule has 0 N–H and O–H groups in total. The zero-order valence-electron chi connectivity index (χ0n) is 46.0. The lowest BCUT2D eigenvalue weighted by Gasteiger charge is -2.18. The maximum absolute atomic E-state index is 12.9. The number of carbonyl (C=O) groups excluding carboxylic acids is 2. The third-order valence-corrected chi connectivity index (χ3v) is 12.3. The van der Waals surface area contributed by atoms with Crippen LogP contribution in [0.4, 0.5) is 0 Å². The molecule has 5 heteroatoms. The van der Waals surface area contributed by atoms with E-state index >= 15 is 0 Å². The molecule has 0 fully saturated rings. The van der Waals surface area contributed by atoms with E-state index in [1.165, 1.54) is 116 Å². The van der Waals surface area contributed by atoms with Gasteiger partial charge in [0.25, 0.3) is 0 Å². The number of carbonyl (C=O) groups is 2. The van der Waals surface area contributed by atoms with E-state index in [-0.39, 0.29) is 25.2 Å². The largest absolute Gasteiger partial charge is 0.462 e. The zero-order valence-corrected chi connectivity index (χ0v) is 46.0. The SMILES string of the molecule is CC/C=C\C/C=C\C/C=C\C/C=C\C/C=C\CCCCCC(=O)OCC(COCCCCCCCCC/C=C\C/C=C\C/C=C\C/C=C\CC)OC(=O)CCCCCCCCCCCCCCCCC. The summed E-state index contributed by atoms with van der Waals surface area (Å²) in [6.07, 6.45) is 82.5. The topological polar surface area (TPSA) is 61.8 Å². The van der Waals surface area contributed by atoms with Gasteiger partial charge in [0.15, 0.2) is 6.10 Å². The molecule has 400 valence electrons. The minimum atomic E-state index is -0.562. The fourth-order valence-corrected chi connectivity index (χ4v) is 8.00. The molecule has 0 rings (SSSR count). The van der Waals surface area contributed by atoms with Crippen molar-refractivity contribution >= 4 is 11.9 Å². The van der Waals surface area contributed by atoms with E-state index in [0.29, 0.717) is 19.4 Å². The lowest BCUT2D eigenvalue weighted by Crippen LogP contribution is -2.30. The minimum Gasteiger partial charge on any atom is -0.462 e. The van der Waals surface area contributed by atoms with Crippen LogP contribution in [-0.2, 0) is 23.8 Å². The van der Waals surface area contributed by atoms with E-state index in [4.69, 9.17) is 14.2 Å². The van der Waals surface area contributed by atoms with Crippen molar-refractivity contribution in [1.82, 2.24) is 0 Å². The Balaban J connectivity index is 4.36. The summed E-state index contributed by atoms with van der Waals surface area (Å²) in [5.74, 6) is -0.437. The van der Waals surface area contributed by atoms with Crippen LogP contribution in [0.25, 0.3) is 0 Å². The summed E-state index contributed by atoms with van der Waals surface area (Å²) < 4.78 is 17.5. The quantitative estimate of drug-likeness (QED) is 0.0345. The van der Waals surface area contributed by atoms with Gasteiger partial charge in [-0.1, -0.05) is 259 Å². The van der Waals surface area contributed by atoms with Gasteiger partial charge in [0, 0.05) is 19.4 Å². The van der Waals surface area contributed by atoms with Crippen molar-refractivity contribution in [3.05, 3.63) is 109 Å². The molecular formula is C65H110O5. The van der Waals surface area contributed by atoms with Crippen molar-refractivity contribution in [1.29, 1.82) is 0 Å². The van der Waals surface area contributed by atoms with Gasteiger partial charge >= 0.3 is 11.9 Å². The van der Waals surface area contributed by atoms with Gasteiger partial charge < -0.3 is 14.2 Å². The molecule has 0 spiro atoms. The van der Waals surface area contributed by atoms with Crippen LogP contribution in [0, 0.1) is 0 Å². The predicted molar refractivity (Wildman–Crippen MR) is 306 cm³/mol. The second-order valence-electron chi connectivity index (χ2n) is 19.1. The smallest absolute Gasteiger partial charge is 0.306 e. The fraction of sp³-hybridized carbons (Fsp3) is 0.692. The van der Waals surface area contributed by atoms with Crippen molar-refractivity contribution in [2.24, 2.45) is 0 Å². The molecule has 1 unspecified atom stereocenters. The highest BCUT2D eigenvalue weighted by atomic mass is 16.6. The Hall–Kier alpha value is -3.44. The number of unbranched alkanes of at least 4 members (excludes halogenated alkanes) is 24. The Morgan fingerprint density at radius 1 is 0.329 bits per heavy atom. The molecule has 0 aliphatic carbocycles. The van der Waals surface area contributed by atoms with E-state index in [9.17, 15) is 9.59 Å². The Bertz CT molecular complexity index is 1380. The Labute approximate surface area is 434 Å². The molecule has 0 aliphatic rings. The van der Waals surface area contributed by atoms with Crippen LogP contribution in [-0.4, -0.2) is 37.9 Å². The maximum Gasteiger partial charge on any atom is 0.306 e. The normalized spacial score (nSPS) is 13.0. The second kappa shape index (κ2) is 59.9. The molecule has 0 saturated carbocycles. The standard InChI is InChI=1S/C65H110O5/c1-4-7-10-13-16-19-22-25-28-30-32-34-36-39-42-45-48-51-54-57-60-68-61-63(70-65(67)59-56-53-50-47-44-41-37-27-24-21-18-15-12-9-6-3)62-69-64(66)58-55-52-49-46-43-40-38-35-33-31-29-26-23-20-17-14-11-8-5-2/h7-8,10-11,16-17,19-20,25-26,28-29,32-35,40,43,63H,4-6,9,12-15,18,21-24,27,30-31,36-39,41-42,44-62H2,1-3H3/b10-7-,11-8-,19-16-,20-17-,28-25-,29-26-,34-32-,35-33-,43-40-. The third kappa shape index (κ3) is 57.1. The number of allylic oxidation sites excluding steroid dienone is 18. The minimum absolute atomic E-state index is 0.0599. The molecule has 0 amide bonds. The van der Waals surface area contributed by atoms with E-state index in [0.717, 1.165) is 116 Å². The van der Waals surface area contributed by atoms with E-state index in [1.54, 1.807) is 0 Å². The second-order valence-corrected chi connectivity index (χ2v) is 19.1. The van der Waals surface area contributed by atoms with Gasteiger partial charge in [-0.25, -0.2) is 0 Å². The Morgan fingerprint density at radius 2 is 0.643 bits per heavy atom. The van der Waals surface area contributed by atoms with Gasteiger partial charge in [-0.05, 0) is 103 Å². The molecular weight excluding hydrogens is 861 g/mol. The van der Waals surface area contributed by atoms with Crippen molar-refractivity contribution < 1.29 is 23.8 Å². The van der Waals surface area contributed by atoms with Gasteiger partial charge in [0.05, 0.1) is 6.61 Å². The van der Waals surface area contributed by atoms with Crippen LogP contribution in [0.2, 0.25) is 0 Å². The van der Waals surface area contributed by atoms with Crippen LogP contribution >= 0.6 is 0 Å². The summed E-state index contributed by atoms with van der Waals surface area (Å²) in [5.41, 5.74) is 0. The number of hydrogen-bond acceptors (Lipinski definition) is 5. The first kappa shape index (κ1) is 66.6. The average Bonchev–Trinajstić information content (AvgIpc) is 3.36. The molecule has 0 aromatic rings. The summed E-state index contributed by atoms with van der Waals surface area (Å²) in [4.78, 5) is 25.5. The number of rotatable bonds is 53. The van der Waals surface area contributed by atoms with Crippen LogP contribution in [0.15, 0.2) is 109 Å². The van der Waals surface area contributed by atoms with Crippen LogP contribution < -0.4 is 0 Å². The molecule has 0 saturated heterocycles. The molecule has 70 heavy (non-hydrogen) atoms. The van der Waals surface area contributed by atoms with Gasteiger partial charge in [-0.2, -0.15) is 0 Å². The molecule has 0 radical (unpaired) electrons. The Kier molecular flexibility index (Phi) is 56.9. The third-order valence-electron chi connectivity index (χ3n) is 12.3.